The maximum absolute atomic E-state index is 9.80. The Hall–Kier alpha value is -2.11. The molecule has 2 aromatic rings. The Balaban J connectivity index is 1.65. The molecule has 4 rings (SSSR count). The number of ether oxygens (including phenoxy) is 2. The van der Waals surface area contributed by atoms with Crippen LogP contribution in [0, 0.1) is 11.8 Å². The first-order valence-corrected chi connectivity index (χ1v) is 8.36. The molecular formula is C19H22N2O3. The lowest BCUT2D eigenvalue weighted by atomic mass is 9.86. The lowest BCUT2D eigenvalue weighted by Crippen LogP contribution is -2.32. The van der Waals surface area contributed by atoms with Crippen molar-refractivity contribution in [3.05, 3.63) is 53.7 Å². The molecule has 5 heteroatoms. The zero-order valence-corrected chi connectivity index (χ0v) is 13.8. The lowest BCUT2D eigenvalue weighted by molar-refractivity contribution is 0.118. The van der Waals surface area contributed by atoms with Crippen molar-refractivity contribution in [3.63, 3.8) is 0 Å². The van der Waals surface area contributed by atoms with E-state index in [2.05, 4.69) is 22.0 Å². The predicted octanol–water partition coefficient (Wildman–Crippen LogP) is 2.26. The summed E-state index contributed by atoms with van der Waals surface area (Å²) in [5.41, 5.74) is 2.20. The highest BCUT2D eigenvalue weighted by molar-refractivity contribution is 5.39. The molecule has 24 heavy (non-hydrogen) atoms. The van der Waals surface area contributed by atoms with Crippen molar-refractivity contribution in [2.75, 3.05) is 26.9 Å². The van der Waals surface area contributed by atoms with Crippen molar-refractivity contribution in [1.29, 1.82) is 0 Å². The minimum absolute atomic E-state index is 0.189. The smallest absolute Gasteiger partial charge is 0.213 e. The Morgan fingerprint density at radius 1 is 1.25 bits per heavy atom. The Labute approximate surface area is 141 Å². The van der Waals surface area contributed by atoms with Crippen molar-refractivity contribution in [3.8, 4) is 11.6 Å². The van der Waals surface area contributed by atoms with Gasteiger partial charge in [-0.15, -0.1) is 0 Å². The van der Waals surface area contributed by atoms with Gasteiger partial charge in [0.05, 0.1) is 19.4 Å². The number of aliphatic hydroxyl groups is 1. The summed E-state index contributed by atoms with van der Waals surface area (Å²) < 4.78 is 11.2. The third kappa shape index (κ3) is 2.64. The van der Waals surface area contributed by atoms with Crippen LogP contribution in [0.3, 0.4) is 0 Å². The monoisotopic (exact) mass is 326 g/mol. The van der Waals surface area contributed by atoms with Crippen LogP contribution in [0.4, 0.5) is 0 Å². The van der Waals surface area contributed by atoms with Crippen LogP contribution in [0.2, 0.25) is 0 Å². The van der Waals surface area contributed by atoms with Crippen LogP contribution in [-0.2, 0) is 6.54 Å². The summed E-state index contributed by atoms with van der Waals surface area (Å²) in [5.74, 6) is 2.14. The van der Waals surface area contributed by atoms with Gasteiger partial charge in [-0.25, -0.2) is 4.98 Å². The first kappa shape index (κ1) is 15.4. The largest absolute Gasteiger partial charge is 0.493 e. The second-order valence-corrected chi connectivity index (χ2v) is 6.50. The van der Waals surface area contributed by atoms with Crippen LogP contribution in [0.5, 0.6) is 11.6 Å². The fourth-order valence-electron chi connectivity index (χ4n) is 4.00. The normalized spacial score (nSPS) is 25.7. The molecule has 0 radical (unpaired) electrons. The molecule has 1 aromatic carbocycles. The van der Waals surface area contributed by atoms with E-state index in [0.717, 1.165) is 24.5 Å². The minimum Gasteiger partial charge on any atom is -0.493 e. The van der Waals surface area contributed by atoms with E-state index in [1.165, 1.54) is 5.56 Å². The summed E-state index contributed by atoms with van der Waals surface area (Å²) in [6.07, 6.45) is 0. The molecule has 2 aliphatic rings. The molecule has 0 aliphatic carbocycles. The minimum atomic E-state index is 0.189. The molecule has 1 fully saturated rings. The van der Waals surface area contributed by atoms with Gasteiger partial charge in [-0.1, -0.05) is 24.3 Å². The number of likely N-dealkylation sites (tertiary alicyclic amines) is 1. The van der Waals surface area contributed by atoms with Crippen LogP contribution in [0.1, 0.15) is 17.3 Å². The first-order chi connectivity index (χ1) is 11.8. The molecule has 1 aromatic heterocycles. The zero-order valence-electron chi connectivity index (χ0n) is 13.8. The van der Waals surface area contributed by atoms with Gasteiger partial charge >= 0.3 is 0 Å². The maximum atomic E-state index is 9.80. The van der Waals surface area contributed by atoms with Gasteiger partial charge in [0, 0.05) is 49.2 Å². The molecule has 0 unspecified atom stereocenters. The van der Waals surface area contributed by atoms with Gasteiger partial charge < -0.3 is 14.6 Å². The number of benzene rings is 1. The Bertz CT molecular complexity index is 721. The number of pyridine rings is 1. The van der Waals surface area contributed by atoms with Gasteiger partial charge in [0.1, 0.15) is 5.75 Å². The second kappa shape index (κ2) is 6.42. The van der Waals surface area contributed by atoms with Crippen LogP contribution in [0.25, 0.3) is 0 Å². The van der Waals surface area contributed by atoms with E-state index >= 15 is 0 Å². The molecule has 126 valence electrons. The quantitative estimate of drug-likeness (QED) is 0.934. The standard InChI is InChI=1S/C19H22N2O3/c1-23-18-8-4-5-14(20-18)10-21-9-13(11-22)16-12-24-17-7-3-2-6-15(17)19(16)21/h2-8,13,16,19,22H,9-12H2,1H3/t13-,16-,19-/m0/s1. The van der Waals surface area contributed by atoms with Crippen molar-refractivity contribution in [1.82, 2.24) is 9.88 Å². The summed E-state index contributed by atoms with van der Waals surface area (Å²) >= 11 is 0. The number of nitrogens with zero attached hydrogens (tertiary/aromatic N) is 2. The van der Waals surface area contributed by atoms with Gasteiger partial charge in [-0.05, 0) is 12.1 Å². The van der Waals surface area contributed by atoms with Gasteiger partial charge in [0.2, 0.25) is 5.88 Å². The number of aliphatic hydroxyl groups excluding tert-OH is 1. The summed E-state index contributed by atoms with van der Waals surface area (Å²) in [7, 11) is 1.63. The molecule has 5 nitrogen and oxygen atoms in total. The van der Waals surface area contributed by atoms with Crippen molar-refractivity contribution in [2.45, 2.75) is 12.6 Å². The summed E-state index contributed by atoms with van der Waals surface area (Å²) in [5, 5.41) is 9.80. The molecular weight excluding hydrogens is 304 g/mol. The molecule has 0 amide bonds. The highest BCUT2D eigenvalue weighted by atomic mass is 16.5. The van der Waals surface area contributed by atoms with E-state index in [9.17, 15) is 5.11 Å². The third-order valence-electron chi connectivity index (χ3n) is 5.13. The van der Waals surface area contributed by atoms with E-state index in [1.807, 2.05) is 30.3 Å². The fraction of sp³-hybridized carbons (Fsp3) is 0.421. The molecule has 3 atom stereocenters. The van der Waals surface area contributed by atoms with E-state index in [-0.39, 0.29) is 18.6 Å². The lowest BCUT2D eigenvalue weighted by Gasteiger charge is -2.34. The Kier molecular flexibility index (Phi) is 4.12. The molecule has 0 spiro atoms. The van der Waals surface area contributed by atoms with E-state index in [4.69, 9.17) is 9.47 Å². The molecule has 0 saturated carbocycles. The number of para-hydroxylation sites is 1. The summed E-state index contributed by atoms with van der Waals surface area (Å²) in [6.45, 7) is 2.44. The topological polar surface area (TPSA) is 54.8 Å². The highest BCUT2D eigenvalue weighted by Crippen LogP contribution is 2.47. The zero-order chi connectivity index (χ0) is 16.5. The number of hydrogen-bond acceptors (Lipinski definition) is 5. The average molecular weight is 326 g/mol. The number of rotatable bonds is 4. The highest BCUT2D eigenvalue weighted by Gasteiger charge is 2.45. The van der Waals surface area contributed by atoms with Crippen LogP contribution >= 0.6 is 0 Å². The molecule has 2 aliphatic heterocycles. The van der Waals surface area contributed by atoms with E-state index in [1.54, 1.807) is 7.11 Å². The van der Waals surface area contributed by atoms with Crippen molar-refractivity contribution < 1.29 is 14.6 Å². The molecule has 1 N–H and O–H groups in total. The average Bonchev–Trinajstić information content (AvgIpc) is 3.00. The third-order valence-corrected chi connectivity index (χ3v) is 5.13. The summed E-state index contributed by atoms with van der Waals surface area (Å²) in [4.78, 5) is 6.95. The van der Waals surface area contributed by atoms with Gasteiger partial charge in [0.15, 0.2) is 0 Å². The second-order valence-electron chi connectivity index (χ2n) is 6.50. The maximum Gasteiger partial charge on any atom is 0.213 e. The Morgan fingerprint density at radius 2 is 2.12 bits per heavy atom. The van der Waals surface area contributed by atoms with Crippen LogP contribution < -0.4 is 9.47 Å². The summed E-state index contributed by atoms with van der Waals surface area (Å²) in [6, 6.07) is 14.3. The number of methoxy groups -OCH3 is 1. The van der Waals surface area contributed by atoms with Crippen LogP contribution in [-0.4, -0.2) is 41.9 Å². The predicted molar refractivity (Wildman–Crippen MR) is 89.9 cm³/mol. The number of aromatic nitrogens is 1. The SMILES string of the molecule is COc1cccc(CN2C[C@@H](CO)[C@@H]3COc4ccccc4[C@@H]32)n1. The fourth-order valence-corrected chi connectivity index (χ4v) is 4.00. The van der Waals surface area contributed by atoms with Crippen LogP contribution in [0.15, 0.2) is 42.5 Å². The van der Waals surface area contributed by atoms with Crippen molar-refractivity contribution >= 4 is 0 Å². The molecule has 3 heterocycles. The molecule has 1 saturated heterocycles. The van der Waals surface area contributed by atoms with Gasteiger partial charge in [0.25, 0.3) is 0 Å². The number of fused-ring (bicyclic) bond motifs is 3. The van der Waals surface area contributed by atoms with Crippen molar-refractivity contribution in [2.24, 2.45) is 11.8 Å². The van der Waals surface area contributed by atoms with E-state index < -0.39 is 0 Å². The van der Waals surface area contributed by atoms with Gasteiger partial charge in [-0.3, -0.25) is 4.90 Å². The van der Waals surface area contributed by atoms with Gasteiger partial charge in [-0.2, -0.15) is 0 Å². The molecule has 0 bridgehead atoms. The first-order valence-electron chi connectivity index (χ1n) is 8.36. The Morgan fingerprint density at radius 3 is 2.96 bits per heavy atom. The number of hydrogen-bond donors (Lipinski definition) is 1. The van der Waals surface area contributed by atoms with E-state index in [0.29, 0.717) is 18.4 Å².